The number of hydrogen-bond acceptors (Lipinski definition) is 7. The molecule has 9 heteroatoms. The number of aromatic nitrogens is 2. The molecule has 2 saturated carbocycles. The summed E-state index contributed by atoms with van der Waals surface area (Å²) in [6, 6.07) is 7.56. The second-order valence-electron chi connectivity index (χ2n) is 9.57. The maximum absolute atomic E-state index is 9.33. The first-order valence-electron chi connectivity index (χ1n) is 11.9. The Bertz CT molecular complexity index is 1030. The number of methoxy groups -OCH3 is 1. The number of pyridine rings is 2. The highest BCUT2D eigenvalue weighted by Gasteiger charge is 2.43. The van der Waals surface area contributed by atoms with Crippen LogP contribution in [0.5, 0.6) is 0 Å². The van der Waals surface area contributed by atoms with Crippen LogP contribution in [0.15, 0.2) is 24.5 Å². The lowest BCUT2D eigenvalue weighted by atomic mass is 9.90. The van der Waals surface area contributed by atoms with Gasteiger partial charge in [-0.3, -0.25) is 0 Å². The molecular formula is C25H32Cl2N6O. The topological polar surface area (TPSA) is 94.9 Å². The molecule has 0 aromatic carbocycles. The fourth-order valence-electron chi connectivity index (χ4n) is 4.52. The minimum Gasteiger partial charge on any atom is -0.383 e. The van der Waals surface area contributed by atoms with Crippen LogP contribution in [0, 0.1) is 16.7 Å². The van der Waals surface area contributed by atoms with Crippen molar-refractivity contribution in [2.45, 2.75) is 63.6 Å². The molecule has 0 unspecified atom stereocenters. The fourth-order valence-corrected chi connectivity index (χ4v) is 4.90. The molecule has 0 saturated heterocycles. The second kappa shape index (κ2) is 11.1. The monoisotopic (exact) mass is 502 g/mol. The van der Waals surface area contributed by atoms with E-state index < -0.39 is 0 Å². The van der Waals surface area contributed by atoms with Gasteiger partial charge in [0.2, 0.25) is 0 Å². The molecule has 0 amide bonds. The number of halogens is 2. The standard InChI is InChI=1S/C25H32Cl2N6O/c1-16(13-34-2)32-18-3-5-19(6-4-18)33-23-10-20(21(26)12-29-23)17-9-22(24(27)30-11-17)31-15-25(14-28)7-8-25/h9-12,16,18-19,31-32H,3-8,13,15H2,1-2H3,(H,29,33)/t16-,18-,19-/m1/s1. The van der Waals surface area contributed by atoms with E-state index in [0.717, 1.165) is 62.1 Å². The van der Waals surface area contributed by atoms with E-state index in [1.54, 1.807) is 19.5 Å². The molecule has 0 aliphatic heterocycles. The first-order valence-corrected chi connectivity index (χ1v) is 12.6. The average molecular weight is 503 g/mol. The van der Waals surface area contributed by atoms with Gasteiger partial charge in [0, 0.05) is 55.3 Å². The number of rotatable bonds is 10. The Hall–Kier alpha value is -2.11. The first kappa shape index (κ1) is 25.0. The molecule has 7 nitrogen and oxygen atoms in total. The van der Waals surface area contributed by atoms with Crippen molar-refractivity contribution in [1.29, 1.82) is 5.26 Å². The van der Waals surface area contributed by atoms with Crippen molar-refractivity contribution < 1.29 is 4.74 Å². The number of ether oxygens (including phenoxy) is 1. The van der Waals surface area contributed by atoms with Crippen molar-refractivity contribution in [2.75, 3.05) is 30.9 Å². The molecule has 0 spiro atoms. The van der Waals surface area contributed by atoms with E-state index in [4.69, 9.17) is 27.9 Å². The Balaban J connectivity index is 1.40. The molecule has 2 aromatic rings. The maximum Gasteiger partial charge on any atom is 0.152 e. The van der Waals surface area contributed by atoms with E-state index in [1.165, 1.54) is 0 Å². The smallest absolute Gasteiger partial charge is 0.152 e. The van der Waals surface area contributed by atoms with Crippen molar-refractivity contribution in [1.82, 2.24) is 15.3 Å². The van der Waals surface area contributed by atoms with E-state index >= 15 is 0 Å². The summed E-state index contributed by atoms with van der Waals surface area (Å²) in [4.78, 5) is 8.84. The number of nitrogens with zero attached hydrogens (tertiary/aromatic N) is 3. The predicted molar refractivity (Wildman–Crippen MR) is 137 cm³/mol. The van der Waals surface area contributed by atoms with Crippen LogP contribution in [-0.2, 0) is 4.74 Å². The third kappa shape index (κ3) is 6.31. The molecule has 2 heterocycles. The number of hydrogen-bond donors (Lipinski definition) is 3. The zero-order valence-electron chi connectivity index (χ0n) is 19.7. The van der Waals surface area contributed by atoms with E-state index in [-0.39, 0.29) is 5.41 Å². The molecule has 182 valence electrons. The van der Waals surface area contributed by atoms with E-state index in [1.807, 2.05) is 12.1 Å². The molecular weight excluding hydrogens is 471 g/mol. The van der Waals surface area contributed by atoms with E-state index in [9.17, 15) is 5.26 Å². The van der Waals surface area contributed by atoms with Crippen LogP contribution in [0.25, 0.3) is 11.1 Å². The van der Waals surface area contributed by atoms with Crippen molar-refractivity contribution in [3.63, 3.8) is 0 Å². The van der Waals surface area contributed by atoms with Crippen molar-refractivity contribution >= 4 is 34.7 Å². The summed E-state index contributed by atoms with van der Waals surface area (Å²) in [5.41, 5.74) is 2.12. The van der Waals surface area contributed by atoms with E-state index in [0.29, 0.717) is 40.5 Å². The number of nitriles is 1. The van der Waals surface area contributed by atoms with Crippen molar-refractivity contribution in [3.8, 4) is 17.2 Å². The van der Waals surface area contributed by atoms with Crippen LogP contribution < -0.4 is 16.0 Å². The highest BCUT2D eigenvalue weighted by molar-refractivity contribution is 6.33. The van der Waals surface area contributed by atoms with Gasteiger partial charge in [-0.05, 0) is 57.6 Å². The normalized spacial score (nSPS) is 22.0. The minimum atomic E-state index is -0.277. The average Bonchev–Trinajstić information content (AvgIpc) is 3.62. The molecule has 1 atom stereocenters. The first-order chi connectivity index (χ1) is 16.4. The lowest BCUT2D eigenvalue weighted by Gasteiger charge is -2.32. The third-order valence-electron chi connectivity index (χ3n) is 6.73. The summed E-state index contributed by atoms with van der Waals surface area (Å²) in [6.45, 7) is 3.45. The summed E-state index contributed by atoms with van der Waals surface area (Å²) >= 11 is 12.8. The van der Waals surface area contributed by atoms with Crippen LogP contribution in [0.4, 0.5) is 11.5 Å². The van der Waals surface area contributed by atoms with Gasteiger partial charge in [0.05, 0.1) is 28.8 Å². The molecule has 2 aliphatic rings. The van der Waals surface area contributed by atoms with Gasteiger partial charge in [-0.25, -0.2) is 9.97 Å². The second-order valence-corrected chi connectivity index (χ2v) is 10.3. The largest absolute Gasteiger partial charge is 0.383 e. The van der Waals surface area contributed by atoms with Crippen LogP contribution >= 0.6 is 23.2 Å². The number of nitrogens with one attached hydrogen (secondary N) is 3. The summed E-state index contributed by atoms with van der Waals surface area (Å²) in [6.07, 6.45) is 9.61. The quantitative estimate of drug-likeness (QED) is 0.368. The maximum atomic E-state index is 9.33. The molecule has 2 fully saturated rings. The lowest BCUT2D eigenvalue weighted by molar-refractivity contribution is 0.161. The Morgan fingerprint density at radius 1 is 1.15 bits per heavy atom. The molecule has 34 heavy (non-hydrogen) atoms. The Morgan fingerprint density at radius 2 is 1.88 bits per heavy atom. The molecule has 4 rings (SSSR count). The summed E-state index contributed by atoms with van der Waals surface area (Å²) in [5, 5.41) is 20.8. The molecule has 2 aromatic heterocycles. The fraction of sp³-hybridized carbons (Fsp3) is 0.560. The van der Waals surface area contributed by atoms with Crippen molar-refractivity contribution in [3.05, 3.63) is 34.7 Å². The highest BCUT2D eigenvalue weighted by atomic mass is 35.5. The predicted octanol–water partition coefficient (Wildman–Crippen LogP) is 5.51. The Labute approximate surface area is 211 Å². The SMILES string of the molecule is COC[C@@H](C)N[C@H]1CC[C@H](Nc2cc(-c3cnc(Cl)c(NCC4(C#N)CC4)c3)c(Cl)cn2)CC1. The minimum absolute atomic E-state index is 0.277. The van der Waals surface area contributed by atoms with E-state index in [2.05, 4.69) is 38.9 Å². The van der Waals surface area contributed by atoms with Crippen molar-refractivity contribution in [2.24, 2.45) is 5.41 Å². The van der Waals surface area contributed by atoms with Crippen LogP contribution in [0.2, 0.25) is 10.2 Å². The summed E-state index contributed by atoms with van der Waals surface area (Å²) in [5.74, 6) is 0.800. The summed E-state index contributed by atoms with van der Waals surface area (Å²) < 4.78 is 5.23. The van der Waals surface area contributed by atoms with Gasteiger partial charge in [-0.15, -0.1) is 0 Å². The van der Waals surface area contributed by atoms with Gasteiger partial charge < -0.3 is 20.7 Å². The number of anilines is 2. The molecule has 2 aliphatic carbocycles. The van der Waals surface area contributed by atoms with Gasteiger partial charge in [0.1, 0.15) is 5.82 Å². The molecule has 0 bridgehead atoms. The molecule has 3 N–H and O–H groups in total. The van der Waals surface area contributed by atoms with Gasteiger partial charge in [-0.1, -0.05) is 23.2 Å². The third-order valence-corrected chi connectivity index (χ3v) is 7.33. The Morgan fingerprint density at radius 3 is 2.56 bits per heavy atom. The van der Waals surface area contributed by atoms with Crippen LogP contribution in [0.3, 0.4) is 0 Å². The van der Waals surface area contributed by atoms with Gasteiger partial charge in [0.25, 0.3) is 0 Å². The molecule has 0 radical (unpaired) electrons. The Kier molecular flexibility index (Phi) is 8.15. The van der Waals surface area contributed by atoms with Crippen LogP contribution in [0.1, 0.15) is 45.4 Å². The van der Waals surface area contributed by atoms with Gasteiger partial charge >= 0.3 is 0 Å². The highest BCUT2D eigenvalue weighted by Crippen LogP contribution is 2.45. The summed E-state index contributed by atoms with van der Waals surface area (Å²) in [7, 11) is 1.74. The van der Waals surface area contributed by atoms with Gasteiger partial charge in [-0.2, -0.15) is 5.26 Å². The van der Waals surface area contributed by atoms with Crippen LogP contribution in [-0.4, -0.2) is 48.4 Å². The lowest BCUT2D eigenvalue weighted by Crippen LogP contribution is -2.42. The zero-order valence-corrected chi connectivity index (χ0v) is 21.2. The zero-order chi connectivity index (χ0) is 24.1. The van der Waals surface area contributed by atoms with Gasteiger partial charge in [0.15, 0.2) is 5.15 Å².